The van der Waals surface area contributed by atoms with Crippen LogP contribution in [0.5, 0.6) is 0 Å². The number of hydrogen-bond donors (Lipinski definition) is 1. The lowest BCUT2D eigenvalue weighted by Crippen LogP contribution is -2.50. The monoisotopic (exact) mass is 357 g/mol. The van der Waals surface area contributed by atoms with Crippen LogP contribution in [-0.2, 0) is 4.79 Å². The van der Waals surface area contributed by atoms with Crippen LogP contribution in [0.2, 0.25) is 5.02 Å². The van der Waals surface area contributed by atoms with Gasteiger partial charge >= 0.3 is 0 Å². The summed E-state index contributed by atoms with van der Waals surface area (Å²) in [6.07, 6.45) is 0. The smallest absolute Gasteiger partial charge is 0.241 e. The minimum absolute atomic E-state index is 0.143. The predicted molar refractivity (Wildman–Crippen MR) is 105 cm³/mol. The van der Waals surface area contributed by atoms with E-state index in [9.17, 15) is 4.79 Å². The van der Waals surface area contributed by atoms with E-state index in [1.165, 1.54) is 11.1 Å². The van der Waals surface area contributed by atoms with Crippen molar-refractivity contribution < 1.29 is 4.79 Å². The lowest BCUT2D eigenvalue weighted by molar-refractivity contribution is -0.129. The molecule has 0 bridgehead atoms. The lowest BCUT2D eigenvalue weighted by Gasteiger charge is -2.36. The molecule has 132 valence electrons. The second kappa shape index (κ2) is 7.79. The number of carbonyl (C=O) groups is 1. The van der Waals surface area contributed by atoms with E-state index in [0.717, 1.165) is 42.6 Å². The van der Waals surface area contributed by atoms with Gasteiger partial charge in [0.2, 0.25) is 5.91 Å². The second-order valence-electron chi connectivity index (χ2n) is 6.50. The Morgan fingerprint density at radius 1 is 1.04 bits per heavy atom. The van der Waals surface area contributed by atoms with Crippen molar-refractivity contribution in [3.63, 3.8) is 0 Å². The third-order valence-electron chi connectivity index (χ3n) is 4.76. The highest BCUT2D eigenvalue weighted by atomic mass is 35.5. The molecule has 3 rings (SSSR count). The molecule has 1 heterocycles. The number of anilines is 2. The minimum Gasteiger partial charge on any atom is -0.376 e. The van der Waals surface area contributed by atoms with E-state index in [1.807, 2.05) is 29.2 Å². The van der Waals surface area contributed by atoms with E-state index in [-0.39, 0.29) is 5.91 Å². The Hall–Kier alpha value is -2.20. The zero-order valence-electron chi connectivity index (χ0n) is 14.8. The first-order chi connectivity index (χ1) is 12.0. The largest absolute Gasteiger partial charge is 0.376 e. The number of nitrogens with one attached hydrogen (secondary N) is 1. The molecule has 0 spiro atoms. The van der Waals surface area contributed by atoms with E-state index in [4.69, 9.17) is 11.6 Å². The number of piperazine rings is 1. The number of aryl methyl sites for hydroxylation is 2. The highest BCUT2D eigenvalue weighted by molar-refractivity contribution is 6.30. The Morgan fingerprint density at radius 2 is 1.80 bits per heavy atom. The van der Waals surface area contributed by atoms with Crippen LogP contribution in [0, 0.1) is 13.8 Å². The van der Waals surface area contributed by atoms with Crippen molar-refractivity contribution in [2.24, 2.45) is 0 Å². The summed E-state index contributed by atoms with van der Waals surface area (Å²) < 4.78 is 0. The first kappa shape index (κ1) is 17.6. The number of halogens is 1. The third kappa shape index (κ3) is 4.45. The maximum absolute atomic E-state index is 12.4. The molecular formula is C20H24ClN3O. The van der Waals surface area contributed by atoms with Crippen molar-refractivity contribution in [2.75, 3.05) is 42.9 Å². The van der Waals surface area contributed by atoms with Crippen molar-refractivity contribution >= 4 is 28.9 Å². The highest BCUT2D eigenvalue weighted by Gasteiger charge is 2.21. The molecule has 4 nitrogen and oxygen atoms in total. The van der Waals surface area contributed by atoms with Crippen LogP contribution in [0.3, 0.4) is 0 Å². The topological polar surface area (TPSA) is 35.6 Å². The van der Waals surface area contributed by atoms with Gasteiger partial charge in [-0.15, -0.1) is 0 Å². The van der Waals surface area contributed by atoms with Gasteiger partial charge in [0.25, 0.3) is 0 Å². The number of benzene rings is 2. The first-order valence-electron chi connectivity index (χ1n) is 8.62. The Morgan fingerprint density at radius 3 is 2.48 bits per heavy atom. The van der Waals surface area contributed by atoms with Gasteiger partial charge in [-0.05, 0) is 55.3 Å². The van der Waals surface area contributed by atoms with Crippen molar-refractivity contribution in [2.45, 2.75) is 13.8 Å². The Kier molecular flexibility index (Phi) is 5.49. The van der Waals surface area contributed by atoms with Gasteiger partial charge in [-0.25, -0.2) is 0 Å². The standard InChI is InChI=1S/C20H24ClN3O/c1-15-6-7-18(12-16(15)2)22-14-20(25)24-10-8-23(9-11-24)19-5-3-4-17(21)13-19/h3-7,12-13,22H,8-11,14H2,1-2H3. The fourth-order valence-electron chi connectivity index (χ4n) is 3.03. The highest BCUT2D eigenvalue weighted by Crippen LogP contribution is 2.21. The van der Waals surface area contributed by atoms with E-state index in [0.29, 0.717) is 6.54 Å². The van der Waals surface area contributed by atoms with Gasteiger partial charge in [-0.2, -0.15) is 0 Å². The zero-order valence-corrected chi connectivity index (χ0v) is 15.5. The van der Waals surface area contributed by atoms with Crippen molar-refractivity contribution in [3.05, 3.63) is 58.6 Å². The van der Waals surface area contributed by atoms with Crippen LogP contribution in [-0.4, -0.2) is 43.5 Å². The lowest BCUT2D eigenvalue weighted by atomic mass is 10.1. The summed E-state index contributed by atoms with van der Waals surface area (Å²) >= 11 is 6.06. The number of rotatable bonds is 4. The average molecular weight is 358 g/mol. The summed E-state index contributed by atoms with van der Waals surface area (Å²) in [5, 5.41) is 3.98. The molecule has 1 aliphatic heterocycles. The molecule has 25 heavy (non-hydrogen) atoms. The molecule has 1 N–H and O–H groups in total. The average Bonchev–Trinajstić information content (AvgIpc) is 2.62. The maximum atomic E-state index is 12.4. The van der Waals surface area contributed by atoms with Crippen LogP contribution >= 0.6 is 11.6 Å². The first-order valence-corrected chi connectivity index (χ1v) is 9.00. The Bertz CT molecular complexity index is 754. The van der Waals surface area contributed by atoms with Gasteiger partial charge in [0.15, 0.2) is 0 Å². The van der Waals surface area contributed by atoms with Crippen LogP contribution in [0.15, 0.2) is 42.5 Å². The van der Waals surface area contributed by atoms with Gasteiger partial charge < -0.3 is 15.1 Å². The molecule has 0 aliphatic carbocycles. The maximum Gasteiger partial charge on any atom is 0.241 e. The molecular weight excluding hydrogens is 334 g/mol. The van der Waals surface area contributed by atoms with Gasteiger partial charge in [0.05, 0.1) is 6.54 Å². The molecule has 5 heteroatoms. The van der Waals surface area contributed by atoms with Crippen molar-refractivity contribution in [3.8, 4) is 0 Å². The minimum atomic E-state index is 0.143. The van der Waals surface area contributed by atoms with E-state index in [2.05, 4.69) is 42.3 Å². The van der Waals surface area contributed by atoms with Crippen LogP contribution < -0.4 is 10.2 Å². The third-order valence-corrected chi connectivity index (χ3v) is 4.99. The summed E-state index contributed by atoms with van der Waals surface area (Å²) in [4.78, 5) is 16.6. The molecule has 1 amide bonds. The molecule has 0 saturated carbocycles. The summed E-state index contributed by atoms with van der Waals surface area (Å²) in [7, 11) is 0. The molecule has 2 aromatic carbocycles. The van der Waals surface area contributed by atoms with Gasteiger partial charge in [0, 0.05) is 42.6 Å². The number of nitrogens with zero attached hydrogens (tertiary/aromatic N) is 2. The fourth-order valence-corrected chi connectivity index (χ4v) is 3.21. The molecule has 2 aromatic rings. The van der Waals surface area contributed by atoms with Gasteiger partial charge in [0.1, 0.15) is 0 Å². The van der Waals surface area contributed by atoms with Gasteiger partial charge in [-0.1, -0.05) is 23.7 Å². The summed E-state index contributed by atoms with van der Waals surface area (Å²) in [5.74, 6) is 0.143. The van der Waals surface area contributed by atoms with Crippen molar-refractivity contribution in [1.29, 1.82) is 0 Å². The number of carbonyl (C=O) groups excluding carboxylic acids is 1. The summed E-state index contributed by atoms with van der Waals surface area (Å²) in [5.41, 5.74) is 4.60. The molecule has 1 fully saturated rings. The van der Waals surface area contributed by atoms with E-state index >= 15 is 0 Å². The molecule has 1 aliphatic rings. The number of hydrogen-bond acceptors (Lipinski definition) is 3. The molecule has 0 atom stereocenters. The molecule has 1 saturated heterocycles. The predicted octanol–water partition coefficient (Wildman–Crippen LogP) is 3.72. The Labute approximate surface area is 154 Å². The zero-order chi connectivity index (χ0) is 17.8. The molecule has 0 unspecified atom stereocenters. The Balaban J connectivity index is 1.50. The van der Waals surface area contributed by atoms with Gasteiger partial charge in [-0.3, -0.25) is 4.79 Å². The summed E-state index contributed by atoms with van der Waals surface area (Å²) in [6, 6.07) is 14.1. The quantitative estimate of drug-likeness (QED) is 0.905. The summed E-state index contributed by atoms with van der Waals surface area (Å²) in [6.45, 7) is 7.63. The van der Waals surface area contributed by atoms with Crippen molar-refractivity contribution in [1.82, 2.24) is 4.90 Å². The normalized spacial score (nSPS) is 14.5. The van der Waals surface area contributed by atoms with Crippen LogP contribution in [0.1, 0.15) is 11.1 Å². The van der Waals surface area contributed by atoms with E-state index < -0.39 is 0 Å². The van der Waals surface area contributed by atoms with E-state index in [1.54, 1.807) is 0 Å². The molecule has 0 radical (unpaired) electrons. The van der Waals surface area contributed by atoms with Crippen LogP contribution in [0.25, 0.3) is 0 Å². The SMILES string of the molecule is Cc1ccc(NCC(=O)N2CCN(c3cccc(Cl)c3)CC2)cc1C. The second-order valence-corrected chi connectivity index (χ2v) is 6.94. The fraction of sp³-hybridized carbons (Fsp3) is 0.350. The number of amides is 1. The molecule has 0 aromatic heterocycles. The van der Waals surface area contributed by atoms with Crippen LogP contribution in [0.4, 0.5) is 11.4 Å².